The summed E-state index contributed by atoms with van der Waals surface area (Å²) in [5.41, 5.74) is 4.89. The van der Waals surface area contributed by atoms with Crippen LogP contribution in [0.25, 0.3) is 22.0 Å². The van der Waals surface area contributed by atoms with Crippen molar-refractivity contribution in [3.63, 3.8) is 0 Å². The van der Waals surface area contributed by atoms with Gasteiger partial charge in [-0.1, -0.05) is 48.5 Å². The number of hydrogen-bond acceptors (Lipinski definition) is 2. The van der Waals surface area contributed by atoms with Crippen LogP contribution < -0.4 is 5.32 Å². The van der Waals surface area contributed by atoms with Crippen LogP contribution in [0.5, 0.6) is 0 Å². The van der Waals surface area contributed by atoms with Crippen LogP contribution in [-0.4, -0.2) is 18.1 Å². The molecule has 1 heterocycles. The number of aryl methyl sites for hydroxylation is 1. The fraction of sp³-hybridized carbons (Fsp3) is 0.250. The summed E-state index contributed by atoms with van der Waals surface area (Å²) in [6.07, 6.45) is 4.13. The normalized spacial score (nSPS) is 12.5. The number of nitrogens with zero attached hydrogens (tertiary/aromatic N) is 1. The first-order chi connectivity index (χ1) is 10.8. The first-order valence-corrected chi connectivity index (χ1v) is 7.88. The molecule has 3 rings (SSSR count). The van der Waals surface area contributed by atoms with E-state index < -0.39 is 0 Å². The number of rotatable bonds is 5. The van der Waals surface area contributed by atoms with Gasteiger partial charge in [-0.2, -0.15) is 0 Å². The Morgan fingerprint density at radius 1 is 1.00 bits per heavy atom. The molecule has 0 aliphatic carbocycles. The number of benzene rings is 2. The SMILES string of the molecule is CNC(C)CCc1ccc(-c2cccc3cccnc23)cc1. The molecule has 0 fully saturated rings. The lowest BCUT2D eigenvalue weighted by atomic mass is 9.99. The fourth-order valence-electron chi connectivity index (χ4n) is 2.72. The van der Waals surface area contributed by atoms with Crippen LogP contribution in [0.4, 0.5) is 0 Å². The molecule has 2 aromatic carbocycles. The van der Waals surface area contributed by atoms with Crippen molar-refractivity contribution in [3.8, 4) is 11.1 Å². The third kappa shape index (κ3) is 3.18. The number of pyridine rings is 1. The van der Waals surface area contributed by atoms with Crippen molar-refractivity contribution in [3.05, 3.63) is 66.4 Å². The van der Waals surface area contributed by atoms with Gasteiger partial charge in [0.15, 0.2) is 0 Å². The molecule has 0 aliphatic heterocycles. The topological polar surface area (TPSA) is 24.9 Å². The minimum atomic E-state index is 0.557. The molecular weight excluding hydrogens is 268 g/mol. The third-order valence-corrected chi connectivity index (χ3v) is 4.26. The van der Waals surface area contributed by atoms with Crippen LogP contribution in [0, 0.1) is 0 Å². The van der Waals surface area contributed by atoms with E-state index in [1.807, 2.05) is 19.3 Å². The minimum Gasteiger partial charge on any atom is -0.317 e. The molecule has 2 nitrogen and oxygen atoms in total. The summed E-state index contributed by atoms with van der Waals surface area (Å²) in [7, 11) is 2.02. The molecule has 0 saturated heterocycles. The highest BCUT2D eigenvalue weighted by atomic mass is 14.8. The second kappa shape index (κ2) is 6.71. The molecule has 2 heteroatoms. The quantitative estimate of drug-likeness (QED) is 0.751. The second-order valence-corrected chi connectivity index (χ2v) is 5.81. The lowest BCUT2D eigenvalue weighted by molar-refractivity contribution is 0.565. The summed E-state index contributed by atoms with van der Waals surface area (Å²) in [5, 5.41) is 4.47. The third-order valence-electron chi connectivity index (χ3n) is 4.26. The van der Waals surface area contributed by atoms with Crippen LogP contribution in [0.2, 0.25) is 0 Å². The van der Waals surface area contributed by atoms with Crippen molar-refractivity contribution in [2.45, 2.75) is 25.8 Å². The Kier molecular flexibility index (Phi) is 4.50. The lowest BCUT2D eigenvalue weighted by Crippen LogP contribution is -2.21. The highest BCUT2D eigenvalue weighted by Crippen LogP contribution is 2.27. The molecule has 3 aromatic rings. The summed E-state index contributed by atoms with van der Waals surface area (Å²) in [6, 6.07) is 19.9. The van der Waals surface area contributed by atoms with Gasteiger partial charge in [0.2, 0.25) is 0 Å². The van der Waals surface area contributed by atoms with Crippen molar-refractivity contribution < 1.29 is 0 Å². The number of fused-ring (bicyclic) bond motifs is 1. The van der Waals surface area contributed by atoms with Gasteiger partial charge in [-0.05, 0) is 44.0 Å². The van der Waals surface area contributed by atoms with Gasteiger partial charge in [0.25, 0.3) is 0 Å². The zero-order chi connectivity index (χ0) is 15.4. The largest absolute Gasteiger partial charge is 0.317 e. The monoisotopic (exact) mass is 290 g/mol. The first-order valence-electron chi connectivity index (χ1n) is 7.88. The van der Waals surface area contributed by atoms with Crippen LogP contribution in [-0.2, 0) is 6.42 Å². The van der Waals surface area contributed by atoms with E-state index in [0.29, 0.717) is 6.04 Å². The molecule has 0 bridgehead atoms. The van der Waals surface area contributed by atoms with E-state index in [4.69, 9.17) is 0 Å². The summed E-state index contributed by atoms with van der Waals surface area (Å²) in [6.45, 7) is 2.22. The molecule has 1 unspecified atom stereocenters. The Hall–Kier alpha value is -2.19. The van der Waals surface area contributed by atoms with E-state index in [9.17, 15) is 0 Å². The molecule has 1 aromatic heterocycles. The molecular formula is C20H22N2. The summed E-state index contributed by atoms with van der Waals surface area (Å²) in [5.74, 6) is 0. The van der Waals surface area contributed by atoms with Gasteiger partial charge in [0, 0.05) is 23.2 Å². The second-order valence-electron chi connectivity index (χ2n) is 5.81. The highest BCUT2D eigenvalue weighted by molar-refractivity contribution is 5.93. The molecule has 0 spiro atoms. The van der Waals surface area contributed by atoms with E-state index in [1.54, 1.807) is 0 Å². The molecule has 0 saturated carbocycles. The van der Waals surface area contributed by atoms with Gasteiger partial charge >= 0.3 is 0 Å². The Balaban J connectivity index is 1.86. The average molecular weight is 290 g/mol. The lowest BCUT2D eigenvalue weighted by Gasteiger charge is -2.10. The highest BCUT2D eigenvalue weighted by Gasteiger charge is 2.05. The summed E-state index contributed by atoms with van der Waals surface area (Å²) in [4.78, 5) is 4.54. The van der Waals surface area contributed by atoms with E-state index in [1.165, 1.54) is 22.1 Å². The van der Waals surface area contributed by atoms with Gasteiger partial charge in [-0.3, -0.25) is 4.98 Å². The van der Waals surface area contributed by atoms with Crippen LogP contribution in [0.1, 0.15) is 18.9 Å². The molecule has 112 valence electrons. The Bertz CT molecular complexity index is 742. The van der Waals surface area contributed by atoms with E-state index in [0.717, 1.165) is 18.4 Å². The maximum absolute atomic E-state index is 4.54. The molecule has 0 radical (unpaired) electrons. The van der Waals surface area contributed by atoms with Gasteiger partial charge in [-0.25, -0.2) is 0 Å². The fourth-order valence-corrected chi connectivity index (χ4v) is 2.72. The van der Waals surface area contributed by atoms with Crippen LogP contribution in [0.3, 0.4) is 0 Å². The standard InChI is InChI=1S/C20H22N2/c1-15(21-2)8-9-16-10-12-17(13-11-16)19-7-3-5-18-6-4-14-22-20(18)19/h3-7,10-15,21H,8-9H2,1-2H3. The summed E-state index contributed by atoms with van der Waals surface area (Å²) < 4.78 is 0. The predicted octanol–water partition coefficient (Wildman–Crippen LogP) is 4.44. The van der Waals surface area contributed by atoms with Crippen molar-refractivity contribution in [2.75, 3.05) is 7.05 Å². The molecule has 1 atom stereocenters. The van der Waals surface area contributed by atoms with Crippen LogP contribution in [0.15, 0.2) is 60.8 Å². The number of aromatic nitrogens is 1. The van der Waals surface area contributed by atoms with Gasteiger partial charge < -0.3 is 5.32 Å². The maximum atomic E-state index is 4.54. The zero-order valence-corrected chi connectivity index (χ0v) is 13.2. The molecule has 0 amide bonds. The maximum Gasteiger partial charge on any atom is 0.0780 e. The van der Waals surface area contributed by atoms with Crippen LogP contribution >= 0.6 is 0 Å². The van der Waals surface area contributed by atoms with E-state index >= 15 is 0 Å². The van der Waals surface area contributed by atoms with Gasteiger partial charge in [-0.15, -0.1) is 0 Å². The van der Waals surface area contributed by atoms with E-state index in [2.05, 4.69) is 65.8 Å². The molecule has 1 N–H and O–H groups in total. The van der Waals surface area contributed by atoms with Crippen molar-refractivity contribution in [1.29, 1.82) is 0 Å². The average Bonchev–Trinajstić information content (AvgIpc) is 2.59. The Labute approximate surface area is 132 Å². The first kappa shape index (κ1) is 14.7. The predicted molar refractivity (Wildman–Crippen MR) is 94.0 cm³/mol. The van der Waals surface area contributed by atoms with Crippen molar-refractivity contribution in [1.82, 2.24) is 10.3 Å². The smallest absolute Gasteiger partial charge is 0.0780 e. The summed E-state index contributed by atoms with van der Waals surface area (Å²) >= 11 is 0. The zero-order valence-electron chi connectivity index (χ0n) is 13.2. The number of para-hydroxylation sites is 1. The molecule has 0 aliphatic rings. The minimum absolute atomic E-state index is 0.557. The Morgan fingerprint density at radius 3 is 2.55 bits per heavy atom. The number of hydrogen-bond donors (Lipinski definition) is 1. The van der Waals surface area contributed by atoms with Gasteiger partial charge in [0.05, 0.1) is 5.52 Å². The van der Waals surface area contributed by atoms with E-state index in [-0.39, 0.29) is 0 Å². The Morgan fingerprint density at radius 2 is 1.77 bits per heavy atom. The van der Waals surface area contributed by atoms with Crippen molar-refractivity contribution in [2.24, 2.45) is 0 Å². The molecule has 22 heavy (non-hydrogen) atoms. The number of nitrogens with one attached hydrogen (secondary N) is 1. The van der Waals surface area contributed by atoms with Gasteiger partial charge in [0.1, 0.15) is 0 Å². The van der Waals surface area contributed by atoms with Crippen molar-refractivity contribution >= 4 is 10.9 Å².